The maximum Gasteiger partial charge on any atom is 0.244 e. The third-order valence-corrected chi connectivity index (χ3v) is 6.45. The Morgan fingerprint density at radius 3 is 2.33 bits per heavy atom. The molecular weight excluding hydrogens is 286 g/mol. The van der Waals surface area contributed by atoms with Gasteiger partial charge in [0.2, 0.25) is 5.91 Å². The van der Waals surface area contributed by atoms with Crippen LogP contribution in [0.5, 0.6) is 0 Å². The van der Waals surface area contributed by atoms with Crippen LogP contribution in [0.25, 0.3) is 5.57 Å². The van der Waals surface area contributed by atoms with Crippen LogP contribution in [0.4, 0.5) is 0 Å². The van der Waals surface area contributed by atoms with Crippen LogP contribution in [0.3, 0.4) is 0 Å². The molecule has 0 bridgehead atoms. The number of hydrogen-bond donors (Lipinski definition) is 0. The molecule has 21 heavy (non-hydrogen) atoms. The zero-order valence-corrected chi connectivity index (χ0v) is 12.9. The zero-order valence-electron chi connectivity index (χ0n) is 12.1. The predicted octanol–water partition coefficient (Wildman–Crippen LogP) is 1.88. The van der Waals surface area contributed by atoms with Crippen LogP contribution in [0.1, 0.15) is 24.8 Å². The fourth-order valence-electron chi connectivity index (χ4n) is 2.91. The Balaban J connectivity index is 1.75. The second kappa shape index (κ2) is 4.98. The highest BCUT2D eigenvalue weighted by molar-refractivity contribution is 7.93. The first-order chi connectivity index (χ1) is 9.94. The maximum absolute atomic E-state index is 12.5. The molecule has 0 atom stereocenters. The maximum atomic E-state index is 12.5. The topological polar surface area (TPSA) is 54.5 Å². The van der Waals surface area contributed by atoms with Crippen molar-refractivity contribution >= 4 is 21.3 Å². The van der Waals surface area contributed by atoms with Gasteiger partial charge >= 0.3 is 0 Å². The summed E-state index contributed by atoms with van der Waals surface area (Å²) in [6, 6.07) is 10.1. The van der Waals surface area contributed by atoms with Crippen LogP contribution >= 0.6 is 0 Å². The quantitative estimate of drug-likeness (QED) is 0.857. The molecule has 0 unspecified atom stereocenters. The average Bonchev–Trinajstić information content (AvgIpc) is 3.29. The molecule has 2 aliphatic rings. The first-order valence-electron chi connectivity index (χ1n) is 7.17. The smallest absolute Gasteiger partial charge is 0.244 e. The minimum Gasteiger partial charge on any atom is -0.337 e. The van der Waals surface area contributed by atoms with Gasteiger partial charge in [0.15, 0.2) is 14.6 Å². The van der Waals surface area contributed by atoms with Crippen molar-refractivity contribution in [2.45, 2.75) is 24.0 Å². The van der Waals surface area contributed by atoms with E-state index in [-0.39, 0.29) is 5.91 Å². The van der Waals surface area contributed by atoms with Crippen LogP contribution in [-0.2, 0) is 14.6 Å². The lowest BCUT2D eigenvalue weighted by molar-refractivity contribution is -0.131. The largest absolute Gasteiger partial charge is 0.337 e. The highest BCUT2D eigenvalue weighted by Crippen LogP contribution is 2.45. The summed E-state index contributed by atoms with van der Waals surface area (Å²) >= 11 is 0. The zero-order chi connectivity index (χ0) is 15.1. The first-order valence-corrected chi connectivity index (χ1v) is 9.07. The van der Waals surface area contributed by atoms with Gasteiger partial charge in [0.25, 0.3) is 0 Å². The SMILES string of the molecule is CS(=O)(=O)C1(C(=O)N2CC=C(c3ccccc3)CC2)CC1. The lowest BCUT2D eigenvalue weighted by atomic mass is 9.99. The van der Waals surface area contributed by atoms with Crippen molar-refractivity contribution in [3.05, 3.63) is 42.0 Å². The van der Waals surface area contributed by atoms with E-state index in [0.29, 0.717) is 25.9 Å². The number of sulfone groups is 1. The Morgan fingerprint density at radius 2 is 1.86 bits per heavy atom. The molecule has 1 fully saturated rings. The van der Waals surface area contributed by atoms with E-state index in [1.165, 1.54) is 17.4 Å². The van der Waals surface area contributed by atoms with Crippen molar-refractivity contribution in [2.24, 2.45) is 0 Å². The van der Waals surface area contributed by atoms with Gasteiger partial charge in [-0.1, -0.05) is 36.4 Å². The number of benzene rings is 1. The van der Waals surface area contributed by atoms with Crippen LogP contribution in [0, 0.1) is 0 Å². The van der Waals surface area contributed by atoms with Crippen molar-refractivity contribution in [1.82, 2.24) is 4.90 Å². The van der Waals surface area contributed by atoms with Crippen molar-refractivity contribution in [3.63, 3.8) is 0 Å². The Kier molecular flexibility index (Phi) is 3.40. The van der Waals surface area contributed by atoms with Crippen LogP contribution in [0.15, 0.2) is 36.4 Å². The van der Waals surface area contributed by atoms with E-state index in [4.69, 9.17) is 0 Å². The van der Waals surface area contributed by atoms with Crippen LogP contribution < -0.4 is 0 Å². The Labute approximate surface area is 125 Å². The molecule has 0 spiro atoms. The van der Waals surface area contributed by atoms with E-state index in [1.54, 1.807) is 4.90 Å². The fraction of sp³-hybridized carbons (Fsp3) is 0.438. The summed E-state index contributed by atoms with van der Waals surface area (Å²) in [5.74, 6) is -0.214. The Bertz CT molecular complexity index is 687. The molecule has 1 aliphatic heterocycles. The summed E-state index contributed by atoms with van der Waals surface area (Å²) in [6.45, 7) is 1.09. The third-order valence-electron chi connectivity index (χ3n) is 4.44. The van der Waals surface area contributed by atoms with Gasteiger partial charge in [0.05, 0.1) is 0 Å². The molecule has 1 saturated carbocycles. The molecule has 0 radical (unpaired) electrons. The van der Waals surface area contributed by atoms with Gasteiger partial charge in [0, 0.05) is 19.3 Å². The molecule has 1 heterocycles. The van der Waals surface area contributed by atoms with Gasteiger partial charge in [0.1, 0.15) is 0 Å². The lowest BCUT2D eigenvalue weighted by Crippen LogP contribution is -2.46. The van der Waals surface area contributed by atoms with E-state index in [1.807, 2.05) is 24.3 Å². The van der Waals surface area contributed by atoms with Gasteiger partial charge in [-0.2, -0.15) is 0 Å². The molecule has 112 valence electrons. The monoisotopic (exact) mass is 305 g/mol. The molecule has 0 N–H and O–H groups in total. The minimum absolute atomic E-state index is 0.214. The summed E-state index contributed by atoms with van der Waals surface area (Å²) < 4.78 is 22.5. The number of carbonyl (C=O) groups is 1. The lowest BCUT2D eigenvalue weighted by Gasteiger charge is -2.29. The van der Waals surface area contributed by atoms with E-state index < -0.39 is 14.6 Å². The van der Waals surface area contributed by atoms with Gasteiger partial charge in [-0.15, -0.1) is 0 Å². The van der Waals surface area contributed by atoms with Gasteiger partial charge in [-0.3, -0.25) is 4.79 Å². The summed E-state index contributed by atoms with van der Waals surface area (Å²) in [7, 11) is -3.32. The van der Waals surface area contributed by atoms with Crippen molar-refractivity contribution in [1.29, 1.82) is 0 Å². The Morgan fingerprint density at radius 1 is 1.19 bits per heavy atom. The van der Waals surface area contributed by atoms with Gasteiger partial charge < -0.3 is 4.90 Å². The van der Waals surface area contributed by atoms with E-state index in [2.05, 4.69) is 12.1 Å². The number of hydrogen-bond acceptors (Lipinski definition) is 3. The van der Waals surface area contributed by atoms with E-state index in [0.717, 1.165) is 6.42 Å². The standard InChI is InChI=1S/C16H19NO3S/c1-21(19,20)16(9-10-16)15(18)17-11-7-14(8-12-17)13-5-3-2-4-6-13/h2-7H,8-12H2,1H3. The van der Waals surface area contributed by atoms with E-state index in [9.17, 15) is 13.2 Å². The summed E-state index contributed by atoms with van der Waals surface area (Å²) in [6.07, 6.45) is 4.92. The second-order valence-electron chi connectivity index (χ2n) is 5.86. The molecule has 1 aliphatic carbocycles. The average molecular weight is 305 g/mol. The number of amides is 1. The fourth-order valence-corrected chi connectivity index (χ4v) is 4.20. The number of nitrogens with zero attached hydrogens (tertiary/aromatic N) is 1. The molecule has 1 aromatic rings. The molecule has 0 aromatic heterocycles. The summed E-state index contributed by atoms with van der Waals surface area (Å²) in [5.41, 5.74) is 2.40. The highest BCUT2D eigenvalue weighted by atomic mass is 32.2. The minimum atomic E-state index is -3.32. The molecule has 0 saturated heterocycles. The second-order valence-corrected chi connectivity index (χ2v) is 8.19. The number of carbonyl (C=O) groups excluding carboxylic acids is 1. The highest BCUT2D eigenvalue weighted by Gasteiger charge is 2.60. The van der Waals surface area contributed by atoms with E-state index >= 15 is 0 Å². The first kappa shape index (κ1) is 14.3. The third kappa shape index (κ3) is 2.50. The van der Waals surface area contributed by atoms with Crippen LogP contribution in [0.2, 0.25) is 0 Å². The normalized spacial score (nSPS) is 20.8. The predicted molar refractivity (Wildman–Crippen MR) is 82.4 cm³/mol. The van der Waals surface area contributed by atoms with Crippen molar-refractivity contribution in [2.75, 3.05) is 19.3 Å². The molecule has 4 nitrogen and oxygen atoms in total. The molecule has 1 aromatic carbocycles. The van der Waals surface area contributed by atoms with Gasteiger partial charge in [-0.05, 0) is 30.4 Å². The molecular formula is C16H19NO3S. The summed E-state index contributed by atoms with van der Waals surface area (Å²) in [5, 5.41) is 0. The van der Waals surface area contributed by atoms with Gasteiger partial charge in [-0.25, -0.2) is 8.42 Å². The molecule has 5 heteroatoms. The van der Waals surface area contributed by atoms with Crippen LogP contribution in [-0.4, -0.2) is 43.3 Å². The Hall–Kier alpha value is -1.62. The van der Waals surface area contributed by atoms with Crippen molar-refractivity contribution < 1.29 is 13.2 Å². The summed E-state index contributed by atoms with van der Waals surface area (Å²) in [4.78, 5) is 14.2. The molecule has 3 rings (SSSR count). The molecule has 1 amide bonds. The van der Waals surface area contributed by atoms with Crippen molar-refractivity contribution in [3.8, 4) is 0 Å². The number of rotatable bonds is 3.